The van der Waals surface area contributed by atoms with Crippen LogP contribution < -0.4 is 10.6 Å². The monoisotopic (exact) mass is 344 g/mol. The third-order valence-electron chi connectivity index (χ3n) is 4.15. The summed E-state index contributed by atoms with van der Waals surface area (Å²) in [5.74, 6) is 0.623. The molecule has 1 aromatic heterocycles. The number of aliphatic hydroxyl groups is 1. The second kappa shape index (κ2) is 7.70. The number of urea groups is 1. The maximum absolute atomic E-state index is 12.0. The van der Waals surface area contributed by atoms with E-state index in [0.717, 1.165) is 17.7 Å². The Kier molecular flexibility index (Phi) is 5.85. The fourth-order valence-corrected chi connectivity index (χ4v) is 2.49. The van der Waals surface area contributed by atoms with Gasteiger partial charge in [0.2, 0.25) is 0 Å². The van der Waals surface area contributed by atoms with Crippen molar-refractivity contribution in [2.45, 2.75) is 45.6 Å². The highest BCUT2D eigenvalue weighted by atomic mass is 16.3. The minimum atomic E-state index is -0.752. The van der Waals surface area contributed by atoms with Gasteiger partial charge < -0.3 is 10.4 Å². The molecule has 0 aliphatic heterocycles. The van der Waals surface area contributed by atoms with E-state index in [1.165, 1.54) is 5.56 Å². The van der Waals surface area contributed by atoms with Gasteiger partial charge in [-0.05, 0) is 23.0 Å². The molecule has 0 saturated heterocycles. The minimum absolute atomic E-state index is 0.0715. The van der Waals surface area contributed by atoms with Crippen molar-refractivity contribution in [1.29, 1.82) is 0 Å². The van der Waals surface area contributed by atoms with Gasteiger partial charge in [-0.15, -0.1) is 0 Å². The van der Waals surface area contributed by atoms with Gasteiger partial charge in [-0.25, -0.2) is 4.79 Å². The number of aryl methyl sites for hydroxylation is 2. The van der Waals surface area contributed by atoms with Crippen molar-refractivity contribution in [3.05, 3.63) is 47.2 Å². The number of aromatic nitrogens is 2. The molecule has 3 N–H and O–H groups in total. The highest BCUT2D eigenvalue weighted by Gasteiger charge is 2.15. The zero-order valence-electron chi connectivity index (χ0n) is 15.6. The lowest BCUT2D eigenvalue weighted by molar-refractivity contribution is 0.175. The number of rotatable bonds is 5. The number of amides is 2. The molecule has 0 bridgehead atoms. The standard InChI is InChI=1S/C19H28N4O2/c1-6-15-11-17(23(5)22-15)21-18(25)20-12-16(24)13-7-9-14(10-8-13)19(2,3)4/h7-11,16,24H,6,12H2,1-5H3,(H2,20,21,25). The van der Waals surface area contributed by atoms with Gasteiger partial charge in [-0.3, -0.25) is 10.00 Å². The number of carbonyl (C=O) groups is 1. The van der Waals surface area contributed by atoms with Crippen molar-refractivity contribution in [1.82, 2.24) is 15.1 Å². The topological polar surface area (TPSA) is 79.2 Å². The Morgan fingerprint density at radius 1 is 1.28 bits per heavy atom. The number of nitrogens with zero attached hydrogens (tertiary/aromatic N) is 2. The molecule has 1 unspecified atom stereocenters. The summed E-state index contributed by atoms with van der Waals surface area (Å²) in [7, 11) is 1.78. The van der Waals surface area contributed by atoms with Crippen molar-refractivity contribution >= 4 is 11.8 Å². The van der Waals surface area contributed by atoms with Crippen LogP contribution in [0.25, 0.3) is 0 Å². The van der Waals surface area contributed by atoms with Gasteiger partial charge in [-0.2, -0.15) is 5.10 Å². The van der Waals surface area contributed by atoms with E-state index in [1.807, 2.05) is 37.3 Å². The maximum Gasteiger partial charge on any atom is 0.320 e. The first-order valence-electron chi connectivity index (χ1n) is 8.57. The molecule has 2 aromatic rings. The fourth-order valence-electron chi connectivity index (χ4n) is 2.49. The van der Waals surface area contributed by atoms with Crippen molar-refractivity contribution in [3.8, 4) is 0 Å². The largest absolute Gasteiger partial charge is 0.387 e. The average Bonchev–Trinajstić information content (AvgIpc) is 2.92. The lowest BCUT2D eigenvalue weighted by Gasteiger charge is -2.20. The van der Waals surface area contributed by atoms with Crippen LogP contribution in [0.5, 0.6) is 0 Å². The summed E-state index contributed by atoms with van der Waals surface area (Å²) in [6.45, 7) is 8.58. The van der Waals surface area contributed by atoms with Crippen LogP contribution in [-0.4, -0.2) is 27.5 Å². The van der Waals surface area contributed by atoms with E-state index in [9.17, 15) is 9.90 Å². The molecule has 0 aliphatic rings. The van der Waals surface area contributed by atoms with Crippen LogP contribution in [0.15, 0.2) is 30.3 Å². The SMILES string of the molecule is CCc1cc(NC(=O)NCC(O)c2ccc(C(C)(C)C)cc2)n(C)n1. The Morgan fingerprint density at radius 3 is 2.44 bits per heavy atom. The number of nitrogens with one attached hydrogen (secondary N) is 2. The number of aliphatic hydroxyl groups excluding tert-OH is 1. The number of carbonyl (C=O) groups excluding carboxylic acids is 1. The maximum atomic E-state index is 12.0. The van der Waals surface area contributed by atoms with Crippen LogP contribution >= 0.6 is 0 Å². The molecule has 0 radical (unpaired) electrons. The molecule has 0 fully saturated rings. The molecule has 6 nitrogen and oxygen atoms in total. The van der Waals surface area contributed by atoms with Gasteiger partial charge in [0.1, 0.15) is 5.82 Å². The van der Waals surface area contributed by atoms with Gasteiger partial charge in [0.15, 0.2) is 0 Å². The van der Waals surface area contributed by atoms with Gasteiger partial charge in [0.05, 0.1) is 11.8 Å². The van der Waals surface area contributed by atoms with E-state index in [-0.39, 0.29) is 18.0 Å². The summed E-state index contributed by atoms with van der Waals surface area (Å²) < 4.78 is 1.63. The molecule has 1 atom stereocenters. The molecule has 2 amide bonds. The number of hydrogen-bond acceptors (Lipinski definition) is 3. The zero-order valence-corrected chi connectivity index (χ0v) is 15.6. The molecule has 1 heterocycles. The summed E-state index contributed by atoms with van der Waals surface area (Å²) in [6, 6.07) is 9.30. The van der Waals surface area contributed by atoms with E-state index in [1.54, 1.807) is 11.7 Å². The quantitative estimate of drug-likeness (QED) is 0.779. The van der Waals surface area contributed by atoms with Crippen molar-refractivity contribution in [2.24, 2.45) is 7.05 Å². The van der Waals surface area contributed by atoms with Gasteiger partial charge in [-0.1, -0.05) is 52.0 Å². The lowest BCUT2D eigenvalue weighted by Crippen LogP contribution is -2.33. The molecular weight excluding hydrogens is 316 g/mol. The molecule has 0 spiro atoms. The number of anilines is 1. The fraction of sp³-hybridized carbons (Fsp3) is 0.474. The Hall–Kier alpha value is -2.34. The molecule has 25 heavy (non-hydrogen) atoms. The Morgan fingerprint density at radius 2 is 1.92 bits per heavy atom. The van der Waals surface area contributed by atoms with E-state index in [2.05, 4.69) is 36.5 Å². The van der Waals surface area contributed by atoms with E-state index in [0.29, 0.717) is 5.82 Å². The Labute approximate surface area is 149 Å². The predicted molar refractivity (Wildman–Crippen MR) is 99.7 cm³/mol. The van der Waals surface area contributed by atoms with Crippen molar-refractivity contribution in [2.75, 3.05) is 11.9 Å². The summed E-state index contributed by atoms with van der Waals surface area (Å²) in [4.78, 5) is 12.0. The van der Waals surface area contributed by atoms with Gasteiger partial charge in [0, 0.05) is 19.7 Å². The van der Waals surface area contributed by atoms with Gasteiger partial charge >= 0.3 is 6.03 Å². The Bertz CT molecular complexity index is 714. The van der Waals surface area contributed by atoms with Gasteiger partial charge in [0.25, 0.3) is 0 Å². The molecule has 6 heteroatoms. The second-order valence-corrected chi connectivity index (χ2v) is 7.22. The van der Waals surface area contributed by atoms with E-state index >= 15 is 0 Å². The van der Waals surface area contributed by atoms with Crippen LogP contribution in [0.1, 0.15) is 50.6 Å². The molecule has 1 aromatic carbocycles. The average molecular weight is 344 g/mol. The molecule has 2 rings (SSSR count). The molecule has 0 aliphatic carbocycles. The zero-order chi connectivity index (χ0) is 18.6. The summed E-state index contributed by atoms with van der Waals surface area (Å²) in [5, 5.41) is 20.0. The number of hydrogen-bond donors (Lipinski definition) is 3. The smallest absolute Gasteiger partial charge is 0.320 e. The van der Waals surface area contributed by atoms with Crippen LogP contribution in [0.3, 0.4) is 0 Å². The minimum Gasteiger partial charge on any atom is -0.387 e. The summed E-state index contributed by atoms with van der Waals surface area (Å²) in [5.41, 5.74) is 2.97. The van der Waals surface area contributed by atoms with E-state index < -0.39 is 6.10 Å². The first kappa shape index (κ1) is 19.0. The highest BCUT2D eigenvalue weighted by Crippen LogP contribution is 2.23. The van der Waals surface area contributed by atoms with Crippen LogP contribution in [-0.2, 0) is 18.9 Å². The predicted octanol–water partition coefficient (Wildman–Crippen LogP) is 3.14. The molecule has 136 valence electrons. The molecular formula is C19H28N4O2. The summed E-state index contributed by atoms with van der Waals surface area (Å²) >= 11 is 0. The summed E-state index contributed by atoms with van der Waals surface area (Å²) in [6.07, 6.45) is 0.0537. The molecule has 0 saturated carbocycles. The van der Waals surface area contributed by atoms with Crippen LogP contribution in [0, 0.1) is 0 Å². The van der Waals surface area contributed by atoms with Crippen LogP contribution in [0.4, 0.5) is 10.6 Å². The third kappa shape index (κ3) is 5.06. The Balaban J connectivity index is 1.89. The first-order chi connectivity index (χ1) is 11.7. The first-order valence-corrected chi connectivity index (χ1v) is 8.57. The van der Waals surface area contributed by atoms with Crippen molar-refractivity contribution in [3.63, 3.8) is 0 Å². The number of benzene rings is 1. The van der Waals surface area contributed by atoms with E-state index in [4.69, 9.17) is 0 Å². The lowest BCUT2D eigenvalue weighted by atomic mass is 9.86. The third-order valence-corrected chi connectivity index (χ3v) is 4.15. The second-order valence-electron chi connectivity index (χ2n) is 7.22. The highest BCUT2D eigenvalue weighted by molar-refractivity contribution is 5.88. The van der Waals surface area contributed by atoms with Crippen LogP contribution in [0.2, 0.25) is 0 Å². The van der Waals surface area contributed by atoms with Crippen molar-refractivity contribution < 1.29 is 9.90 Å². The normalized spacial score (nSPS) is 12.7.